The van der Waals surface area contributed by atoms with Gasteiger partial charge < -0.3 is 16.0 Å². The molecule has 140 valence electrons. The monoisotopic (exact) mass is 382 g/mol. The van der Waals surface area contributed by atoms with Gasteiger partial charge in [-0.15, -0.1) is 11.3 Å². The second-order valence-corrected chi connectivity index (χ2v) is 8.13. The third kappa shape index (κ3) is 3.10. The molecule has 0 radical (unpaired) electrons. The minimum Gasteiger partial charge on any atom is -0.397 e. The topological polar surface area (TPSA) is 97.0 Å². The first-order chi connectivity index (χ1) is 13.0. The van der Waals surface area contributed by atoms with Crippen LogP contribution in [0.4, 0.5) is 11.5 Å². The van der Waals surface area contributed by atoms with Crippen molar-refractivity contribution in [1.82, 2.24) is 20.3 Å². The van der Waals surface area contributed by atoms with Gasteiger partial charge in [0.15, 0.2) is 0 Å². The SMILES string of the molecule is CNC(=O)c1sc2nc([C@]3(C)CCCN(c4ccncn4)C3)ccc2c1N. The molecule has 1 aliphatic rings. The van der Waals surface area contributed by atoms with E-state index < -0.39 is 0 Å². The molecule has 1 fully saturated rings. The summed E-state index contributed by atoms with van der Waals surface area (Å²) in [6.07, 6.45) is 5.47. The summed E-state index contributed by atoms with van der Waals surface area (Å²) in [5.74, 6) is 0.773. The molecule has 0 spiro atoms. The van der Waals surface area contributed by atoms with Crippen molar-refractivity contribution in [2.45, 2.75) is 25.2 Å². The van der Waals surface area contributed by atoms with Gasteiger partial charge in [-0.1, -0.05) is 6.92 Å². The van der Waals surface area contributed by atoms with Crippen molar-refractivity contribution < 1.29 is 4.79 Å². The van der Waals surface area contributed by atoms with E-state index in [4.69, 9.17) is 10.7 Å². The van der Waals surface area contributed by atoms with Gasteiger partial charge >= 0.3 is 0 Å². The second-order valence-electron chi connectivity index (χ2n) is 7.13. The van der Waals surface area contributed by atoms with Crippen molar-refractivity contribution in [1.29, 1.82) is 0 Å². The Bertz CT molecular complexity index is 989. The Hall–Kier alpha value is -2.74. The van der Waals surface area contributed by atoms with Crippen LogP contribution in [-0.2, 0) is 5.41 Å². The number of nitrogens with one attached hydrogen (secondary N) is 1. The molecule has 0 saturated carbocycles. The van der Waals surface area contributed by atoms with Gasteiger partial charge in [0, 0.05) is 42.8 Å². The number of amides is 1. The predicted octanol–water partition coefficient (Wildman–Crippen LogP) is 2.59. The maximum atomic E-state index is 12.0. The number of anilines is 2. The van der Waals surface area contributed by atoms with E-state index in [1.807, 2.05) is 18.2 Å². The fourth-order valence-electron chi connectivity index (χ4n) is 3.73. The second kappa shape index (κ2) is 6.77. The van der Waals surface area contributed by atoms with Crippen molar-refractivity contribution in [2.75, 3.05) is 30.8 Å². The summed E-state index contributed by atoms with van der Waals surface area (Å²) in [5, 5.41) is 3.48. The molecule has 8 heteroatoms. The molecule has 1 saturated heterocycles. The number of pyridine rings is 1. The summed E-state index contributed by atoms with van der Waals surface area (Å²) in [5.41, 5.74) is 7.60. The maximum Gasteiger partial charge on any atom is 0.263 e. The Morgan fingerprint density at radius 1 is 1.37 bits per heavy atom. The van der Waals surface area contributed by atoms with Gasteiger partial charge in [-0.3, -0.25) is 4.79 Å². The molecule has 4 rings (SSSR count). The molecule has 0 bridgehead atoms. The number of aromatic nitrogens is 3. The van der Waals surface area contributed by atoms with Crippen LogP contribution in [0.15, 0.2) is 30.7 Å². The Balaban J connectivity index is 1.69. The molecule has 3 aromatic rings. The summed E-state index contributed by atoms with van der Waals surface area (Å²) in [6.45, 7) is 4.05. The third-order valence-electron chi connectivity index (χ3n) is 5.23. The van der Waals surface area contributed by atoms with E-state index >= 15 is 0 Å². The lowest BCUT2D eigenvalue weighted by Crippen LogP contribution is -2.45. The van der Waals surface area contributed by atoms with E-state index in [0.29, 0.717) is 10.6 Å². The average molecular weight is 382 g/mol. The number of hydrogen-bond donors (Lipinski definition) is 2. The standard InChI is InChI=1S/C19H22N6OS/c1-19(7-3-9-25(10-19)14-6-8-22-11-23-14)13-5-4-12-15(20)16(17(26)21-2)27-18(12)24-13/h4-6,8,11H,3,7,9-10,20H2,1-2H3,(H,21,26)/t19-/m1/s1. The van der Waals surface area contributed by atoms with Gasteiger partial charge in [0.25, 0.3) is 5.91 Å². The molecule has 0 unspecified atom stereocenters. The zero-order valence-electron chi connectivity index (χ0n) is 15.4. The molecule has 27 heavy (non-hydrogen) atoms. The van der Waals surface area contributed by atoms with Crippen LogP contribution in [0.2, 0.25) is 0 Å². The first kappa shape index (κ1) is 17.7. The number of carbonyl (C=O) groups is 1. The summed E-state index contributed by atoms with van der Waals surface area (Å²) >= 11 is 1.35. The highest BCUT2D eigenvalue weighted by atomic mass is 32.1. The molecule has 1 amide bonds. The zero-order chi connectivity index (χ0) is 19.0. The molecule has 7 nitrogen and oxygen atoms in total. The van der Waals surface area contributed by atoms with Gasteiger partial charge in [-0.25, -0.2) is 15.0 Å². The Labute approximate surface area is 161 Å². The van der Waals surface area contributed by atoms with Crippen molar-refractivity contribution >= 4 is 39.0 Å². The Kier molecular flexibility index (Phi) is 4.43. The van der Waals surface area contributed by atoms with Crippen LogP contribution >= 0.6 is 11.3 Å². The molecule has 0 aromatic carbocycles. The van der Waals surface area contributed by atoms with Crippen LogP contribution in [0.1, 0.15) is 35.1 Å². The number of fused-ring (bicyclic) bond motifs is 1. The highest BCUT2D eigenvalue weighted by Crippen LogP contribution is 2.38. The number of rotatable bonds is 3. The quantitative estimate of drug-likeness (QED) is 0.723. The Morgan fingerprint density at radius 2 is 2.22 bits per heavy atom. The number of nitrogen functional groups attached to an aromatic ring is 1. The molecule has 4 heterocycles. The minimum absolute atomic E-state index is 0.0939. The smallest absolute Gasteiger partial charge is 0.263 e. The number of piperidine rings is 1. The van der Waals surface area contributed by atoms with Crippen molar-refractivity contribution in [3.8, 4) is 0 Å². The lowest BCUT2D eigenvalue weighted by molar-refractivity contribution is 0.0968. The van der Waals surface area contributed by atoms with Crippen LogP contribution in [-0.4, -0.2) is 41.0 Å². The van der Waals surface area contributed by atoms with Gasteiger partial charge in [0.2, 0.25) is 0 Å². The summed E-state index contributed by atoms with van der Waals surface area (Å²) in [7, 11) is 1.61. The molecular formula is C19H22N6OS. The van der Waals surface area contributed by atoms with Crippen molar-refractivity contribution in [3.05, 3.63) is 41.3 Å². The van der Waals surface area contributed by atoms with E-state index in [-0.39, 0.29) is 11.3 Å². The van der Waals surface area contributed by atoms with Crippen LogP contribution < -0.4 is 16.0 Å². The van der Waals surface area contributed by atoms with Gasteiger partial charge in [0.05, 0.1) is 5.69 Å². The summed E-state index contributed by atoms with van der Waals surface area (Å²) in [4.78, 5) is 28.9. The molecule has 1 aliphatic heterocycles. The van der Waals surface area contributed by atoms with Crippen molar-refractivity contribution in [3.63, 3.8) is 0 Å². The van der Waals surface area contributed by atoms with Crippen molar-refractivity contribution in [2.24, 2.45) is 0 Å². The lowest BCUT2D eigenvalue weighted by atomic mass is 9.78. The van der Waals surface area contributed by atoms with Gasteiger partial charge in [-0.05, 0) is 31.0 Å². The van der Waals surface area contributed by atoms with Crippen LogP contribution in [0.5, 0.6) is 0 Å². The van der Waals surface area contributed by atoms with Crippen LogP contribution in [0.25, 0.3) is 10.2 Å². The molecular weight excluding hydrogens is 360 g/mol. The summed E-state index contributed by atoms with van der Waals surface area (Å²) < 4.78 is 0. The number of hydrogen-bond acceptors (Lipinski definition) is 7. The minimum atomic E-state index is -0.170. The average Bonchev–Trinajstić information content (AvgIpc) is 3.04. The zero-order valence-corrected chi connectivity index (χ0v) is 16.2. The van der Waals surface area contributed by atoms with Gasteiger partial charge in [-0.2, -0.15) is 0 Å². The van der Waals surface area contributed by atoms with Gasteiger partial charge in [0.1, 0.15) is 21.9 Å². The van der Waals surface area contributed by atoms with Crippen LogP contribution in [0.3, 0.4) is 0 Å². The largest absolute Gasteiger partial charge is 0.397 e. The molecule has 1 atom stereocenters. The first-order valence-electron chi connectivity index (χ1n) is 8.94. The fraction of sp³-hybridized carbons (Fsp3) is 0.368. The first-order valence-corrected chi connectivity index (χ1v) is 9.76. The van der Waals surface area contributed by atoms with E-state index in [2.05, 4.69) is 27.1 Å². The fourth-order valence-corrected chi connectivity index (χ4v) is 4.77. The molecule has 0 aliphatic carbocycles. The van der Waals surface area contributed by atoms with E-state index in [0.717, 1.165) is 47.7 Å². The predicted molar refractivity (Wildman–Crippen MR) is 108 cm³/mol. The molecule has 3 N–H and O–H groups in total. The normalized spacial score (nSPS) is 20.0. The van der Waals surface area contributed by atoms with Crippen LogP contribution in [0, 0.1) is 0 Å². The van der Waals surface area contributed by atoms with E-state index in [9.17, 15) is 4.79 Å². The maximum absolute atomic E-state index is 12.0. The van der Waals surface area contributed by atoms with E-state index in [1.54, 1.807) is 19.6 Å². The highest BCUT2D eigenvalue weighted by molar-refractivity contribution is 7.21. The molecule has 3 aromatic heterocycles. The van der Waals surface area contributed by atoms with E-state index in [1.165, 1.54) is 11.3 Å². The number of thiophene rings is 1. The lowest BCUT2D eigenvalue weighted by Gasteiger charge is -2.40. The summed E-state index contributed by atoms with van der Waals surface area (Å²) in [6, 6.07) is 5.98. The third-order valence-corrected chi connectivity index (χ3v) is 6.35. The number of nitrogens with zero attached hydrogens (tertiary/aromatic N) is 4. The number of carbonyl (C=O) groups excluding carboxylic acids is 1. The number of nitrogens with two attached hydrogens (primary N) is 1. The highest BCUT2D eigenvalue weighted by Gasteiger charge is 2.35. The Morgan fingerprint density at radius 3 is 2.96 bits per heavy atom.